The molecule has 0 aromatic heterocycles. The normalized spacial score (nSPS) is 13.1. The van der Waals surface area contributed by atoms with Crippen LogP contribution in [-0.2, 0) is 32.7 Å². The van der Waals surface area contributed by atoms with Gasteiger partial charge in [0.25, 0.3) is 7.82 Å². The number of nitrogens with zero attached hydrogens (tertiary/aromatic N) is 1. The Hall–Kier alpha value is -1.77. The van der Waals surface area contributed by atoms with E-state index in [4.69, 9.17) is 18.5 Å². The van der Waals surface area contributed by atoms with Gasteiger partial charge in [-0.1, -0.05) is 416 Å². The number of carbonyl (C=O) groups excluding carboxylic acids is 2. The third-order valence-electron chi connectivity index (χ3n) is 20.1. The second-order valence-corrected chi connectivity index (χ2v) is 32.7. The van der Waals surface area contributed by atoms with E-state index in [1.165, 1.54) is 392 Å². The minimum absolute atomic E-state index is 0.0266. The lowest BCUT2D eigenvalue weighted by Crippen LogP contribution is -2.37. The molecule has 0 heterocycles. The Morgan fingerprint density at radius 3 is 0.816 bits per heavy atom. The van der Waals surface area contributed by atoms with Gasteiger partial charge in [-0.2, -0.15) is 0 Å². The monoisotopic (exact) mass is 1400 g/mol. The first-order valence-corrected chi connectivity index (χ1v) is 45.2. The van der Waals surface area contributed by atoms with Crippen LogP contribution >= 0.6 is 7.82 Å². The second-order valence-electron chi connectivity index (χ2n) is 31.3. The highest BCUT2D eigenvalue weighted by molar-refractivity contribution is 7.45. The molecule has 0 bridgehead atoms. The van der Waals surface area contributed by atoms with Gasteiger partial charge in [-0.25, -0.2) is 0 Å². The maximum absolute atomic E-state index is 12.9. The van der Waals surface area contributed by atoms with Crippen molar-refractivity contribution in [1.29, 1.82) is 0 Å². The molecule has 98 heavy (non-hydrogen) atoms. The third-order valence-corrected chi connectivity index (χ3v) is 21.1. The predicted octanol–water partition coefficient (Wildman–Crippen LogP) is 28.7. The van der Waals surface area contributed by atoms with E-state index >= 15 is 0 Å². The highest BCUT2D eigenvalue weighted by Crippen LogP contribution is 2.38. The maximum Gasteiger partial charge on any atom is 0.306 e. The fourth-order valence-electron chi connectivity index (χ4n) is 13.5. The average Bonchev–Trinajstić information content (AvgIpc) is 1.08. The molecule has 2 atom stereocenters. The molecule has 2 unspecified atom stereocenters. The molecule has 0 rings (SSSR count). The van der Waals surface area contributed by atoms with Gasteiger partial charge in [0, 0.05) is 12.8 Å². The van der Waals surface area contributed by atoms with Crippen molar-refractivity contribution in [3.05, 3.63) is 36.5 Å². The van der Waals surface area contributed by atoms with Gasteiger partial charge in [-0.05, 0) is 70.6 Å². The van der Waals surface area contributed by atoms with Gasteiger partial charge < -0.3 is 27.9 Å². The topological polar surface area (TPSA) is 111 Å². The largest absolute Gasteiger partial charge is 0.756 e. The third kappa shape index (κ3) is 83.2. The Labute approximate surface area is 612 Å². The minimum atomic E-state index is -4.64. The van der Waals surface area contributed by atoms with Crippen LogP contribution < -0.4 is 4.89 Å². The molecular formula is C88H170NO8P. The molecule has 0 aromatic rings. The number of likely N-dealkylation sites (N-methyl/N-ethyl adjacent to an activating group) is 1. The molecule has 0 saturated heterocycles. The summed E-state index contributed by atoms with van der Waals surface area (Å²) in [4.78, 5) is 38.2. The average molecular weight is 1400 g/mol. The van der Waals surface area contributed by atoms with Crippen LogP contribution in [0.5, 0.6) is 0 Å². The standard InChI is InChI=1S/C88H170NO8P/c1-6-8-10-12-14-16-18-20-22-24-26-28-30-32-34-36-38-40-41-42-43-44-45-46-47-49-51-53-55-57-59-61-63-65-67-69-71-73-75-77-79-81-88(91)97-86(85-96-98(92,93)95-83-82-89(3,4)5)84-94-87(90)80-78-76-74-72-70-68-66-64-62-60-58-56-54-52-50-48-39-37-35-33-31-29-27-25-23-21-19-17-15-13-11-9-7-2/h18,20,24-27,86H,6-17,19,21-23,28-85H2,1-5H3/b20-18-,26-24-,27-25-. The zero-order chi connectivity index (χ0) is 71.1. The zero-order valence-corrected chi connectivity index (χ0v) is 67.4. The number of hydrogen-bond donors (Lipinski definition) is 0. The van der Waals surface area contributed by atoms with Crippen LogP contribution in [0.4, 0.5) is 0 Å². The molecule has 0 aliphatic heterocycles. The molecule has 580 valence electrons. The summed E-state index contributed by atoms with van der Waals surface area (Å²) in [6, 6.07) is 0. The summed E-state index contributed by atoms with van der Waals surface area (Å²) in [6.07, 6.45) is 105. The van der Waals surface area contributed by atoms with Crippen molar-refractivity contribution in [2.45, 2.75) is 469 Å². The number of carbonyl (C=O) groups is 2. The molecular weight excluding hydrogens is 1230 g/mol. The van der Waals surface area contributed by atoms with Gasteiger partial charge in [0.1, 0.15) is 19.8 Å². The van der Waals surface area contributed by atoms with Crippen molar-refractivity contribution in [2.75, 3.05) is 47.5 Å². The van der Waals surface area contributed by atoms with Crippen LogP contribution in [0.2, 0.25) is 0 Å². The summed E-state index contributed by atoms with van der Waals surface area (Å²) in [6.45, 7) is 4.32. The Morgan fingerprint density at radius 1 is 0.316 bits per heavy atom. The van der Waals surface area contributed by atoms with Crippen LogP contribution in [0.3, 0.4) is 0 Å². The fourth-order valence-corrected chi connectivity index (χ4v) is 14.2. The van der Waals surface area contributed by atoms with Crippen LogP contribution in [0.25, 0.3) is 0 Å². The van der Waals surface area contributed by atoms with Gasteiger partial charge in [0.2, 0.25) is 0 Å². The Morgan fingerprint density at radius 2 is 0.551 bits per heavy atom. The summed E-state index contributed by atoms with van der Waals surface area (Å²) in [5, 5.41) is 0. The van der Waals surface area contributed by atoms with Crippen molar-refractivity contribution < 1.29 is 42.1 Å². The number of allylic oxidation sites excluding steroid dienone is 6. The van der Waals surface area contributed by atoms with Crippen LogP contribution in [0, 0.1) is 0 Å². The van der Waals surface area contributed by atoms with E-state index in [9.17, 15) is 19.0 Å². The minimum Gasteiger partial charge on any atom is -0.756 e. The van der Waals surface area contributed by atoms with E-state index in [2.05, 4.69) is 50.3 Å². The first kappa shape index (κ1) is 96.2. The van der Waals surface area contributed by atoms with E-state index in [0.717, 1.165) is 38.5 Å². The molecule has 0 aliphatic carbocycles. The van der Waals surface area contributed by atoms with E-state index in [1.807, 2.05) is 21.1 Å². The van der Waals surface area contributed by atoms with Crippen LogP contribution in [0.15, 0.2) is 36.5 Å². The van der Waals surface area contributed by atoms with Crippen molar-refractivity contribution in [2.24, 2.45) is 0 Å². The van der Waals surface area contributed by atoms with Gasteiger partial charge in [0.05, 0.1) is 27.7 Å². The highest BCUT2D eigenvalue weighted by Gasteiger charge is 2.22. The molecule has 0 spiro atoms. The van der Waals surface area contributed by atoms with Crippen molar-refractivity contribution >= 4 is 19.8 Å². The molecule has 0 N–H and O–H groups in total. The maximum atomic E-state index is 12.9. The number of esters is 2. The van der Waals surface area contributed by atoms with Gasteiger partial charge in [-0.3, -0.25) is 14.2 Å². The number of phosphoric acid groups is 1. The highest BCUT2D eigenvalue weighted by atomic mass is 31.2. The lowest BCUT2D eigenvalue weighted by Gasteiger charge is -2.28. The molecule has 0 aromatic carbocycles. The molecule has 0 radical (unpaired) electrons. The Balaban J connectivity index is 3.84. The molecule has 10 heteroatoms. The molecule has 0 saturated carbocycles. The lowest BCUT2D eigenvalue weighted by atomic mass is 10.0. The predicted molar refractivity (Wildman–Crippen MR) is 425 cm³/mol. The number of ether oxygens (including phenoxy) is 2. The number of hydrogen-bond acceptors (Lipinski definition) is 8. The van der Waals surface area contributed by atoms with Crippen molar-refractivity contribution in [3.63, 3.8) is 0 Å². The van der Waals surface area contributed by atoms with Crippen molar-refractivity contribution in [1.82, 2.24) is 0 Å². The number of rotatable bonds is 83. The molecule has 9 nitrogen and oxygen atoms in total. The first-order valence-electron chi connectivity index (χ1n) is 43.7. The fraction of sp³-hybridized carbons (Fsp3) is 0.909. The van der Waals surface area contributed by atoms with E-state index in [1.54, 1.807) is 0 Å². The van der Waals surface area contributed by atoms with E-state index in [-0.39, 0.29) is 32.0 Å². The van der Waals surface area contributed by atoms with Gasteiger partial charge in [0.15, 0.2) is 6.10 Å². The quantitative estimate of drug-likeness (QED) is 0.0195. The van der Waals surface area contributed by atoms with Crippen molar-refractivity contribution in [3.8, 4) is 0 Å². The van der Waals surface area contributed by atoms with Gasteiger partial charge >= 0.3 is 11.9 Å². The van der Waals surface area contributed by atoms with E-state index < -0.39 is 26.5 Å². The van der Waals surface area contributed by atoms with E-state index in [0.29, 0.717) is 17.4 Å². The Bertz CT molecular complexity index is 1740. The van der Waals surface area contributed by atoms with Gasteiger partial charge in [-0.15, -0.1) is 0 Å². The summed E-state index contributed by atoms with van der Waals surface area (Å²) in [5.74, 6) is -0.804. The van der Waals surface area contributed by atoms with Crippen LogP contribution in [0.1, 0.15) is 463 Å². The van der Waals surface area contributed by atoms with Crippen LogP contribution in [-0.4, -0.2) is 70.0 Å². The number of unbranched alkanes of at least 4 members (excludes halogenated alkanes) is 63. The molecule has 0 fully saturated rings. The number of quaternary nitrogens is 1. The smallest absolute Gasteiger partial charge is 0.306 e. The molecule has 0 amide bonds. The second kappa shape index (κ2) is 79.3. The summed E-state index contributed by atoms with van der Waals surface area (Å²) < 4.78 is 34.5. The zero-order valence-electron chi connectivity index (χ0n) is 66.5. The lowest BCUT2D eigenvalue weighted by molar-refractivity contribution is -0.870. The SMILES string of the molecule is CCCCCCC/C=C\C/C=C\CCCCCCCCCCCCCCCCCCCCCCCCCCCCCCCC(=O)OC(COC(=O)CCCCCCCCCCCCCCCCCCCCCCC/C=C\CCCCCCCCCC)COP(=O)([O-])OCC[N+](C)(C)C. The summed E-state index contributed by atoms with van der Waals surface area (Å²) >= 11 is 0. The summed E-state index contributed by atoms with van der Waals surface area (Å²) in [5.41, 5.74) is 0. The summed E-state index contributed by atoms with van der Waals surface area (Å²) in [7, 11) is 1.20. The molecule has 0 aliphatic rings. The Kier molecular flexibility index (Phi) is 77.9. The number of phosphoric ester groups is 1. The first-order chi connectivity index (χ1) is 48.0.